The number of carbonyl (C=O) groups excluding carboxylic acids is 1. The second-order valence-electron chi connectivity index (χ2n) is 4.17. The highest BCUT2D eigenvalue weighted by Crippen LogP contribution is 2.30. The quantitative estimate of drug-likeness (QED) is 0.676. The van der Waals surface area contributed by atoms with Crippen LogP contribution in [0.3, 0.4) is 0 Å². The van der Waals surface area contributed by atoms with Crippen LogP contribution in [0.25, 0.3) is 0 Å². The summed E-state index contributed by atoms with van der Waals surface area (Å²) in [6, 6.07) is -1.44. The molecule has 0 aromatic heterocycles. The van der Waals surface area contributed by atoms with Gasteiger partial charge in [-0.25, -0.2) is 9.59 Å². The summed E-state index contributed by atoms with van der Waals surface area (Å²) in [6.07, 6.45) is -0.479. The van der Waals surface area contributed by atoms with Crippen LogP contribution in [0.2, 0.25) is 0 Å². The van der Waals surface area contributed by atoms with Gasteiger partial charge in [0.1, 0.15) is 0 Å². The molecule has 0 heterocycles. The number of amides is 2. The Morgan fingerprint density at radius 3 is 2.17 bits per heavy atom. The fourth-order valence-electron chi connectivity index (χ4n) is 1.43. The fraction of sp³-hybridized carbons (Fsp3) is 0.600. The number of hydrogen-bond donors (Lipinski definition) is 3. The molecular formula is C10H13F3N2O3. The molecular weight excluding hydrogens is 253 g/mol. The number of carboxylic acid groups (broad SMARTS) is 1. The molecule has 1 aliphatic rings. The number of nitrogens with one attached hydrogen (secondary N) is 2. The lowest BCUT2D eigenvalue weighted by atomic mass is 10.0. The Bertz CT molecular complexity index is 373. The van der Waals surface area contributed by atoms with E-state index in [9.17, 15) is 22.8 Å². The van der Waals surface area contributed by atoms with E-state index >= 15 is 0 Å². The molecule has 102 valence electrons. The molecule has 3 N–H and O–H groups in total. The molecule has 0 aliphatic heterocycles. The maximum absolute atomic E-state index is 12.6. The van der Waals surface area contributed by atoms with Crippen LogP contribution in [0, 0.1) is 0 Å². The first-order valence-corrected chi connectivity index (χ1v) is 5.20. The van der Waals surface area contributed by atoms with Gasteiger partial charge in [0.2, 0.25) is 5.54 Å². The van der Waals surface area contributed by atoms with Crippen LogP contribution in [0.4, 0.5) is 18.0 Å². The van der Waals surface area contributed by atoms with Crippen molar-refractivity contribution in [2.75, 3.05) is 0 Å². The largest absolute Gasteiger partial charge is 0.479 e. The molecule has 5 nitrogen and oxygen atoms in total. The van der Waals surface area contributed by atoms with Crippen LogP contribution in [0.5, 0.6) is 0 Å². The molecule has 0 saturated carbocycles. The van der Waals surface area contributed by atoms with Crippen LogP contribution in [0.15, 0.2) is 12.2 Å². The molecule has 0 saturated heterocycles. The lowest BCUT2D eigenvalue weighted by Crippen LogP contribution is -2.64. The van der Waals surface area contributed by atoms with Gasteiger partial charge in [-0.15, -0.1) is 0 Å². The number of carboxylic acids is 1. The highest BCUT2D eigenvalue weighted by molar-refractivity contribution is 5.86. The molecule has 0 bridgehead atoms. The van der Waals surface area contributed by atoms with Crippen molar-refractivity contribution in [3.8, 4) is 0 Å². The topological polar surface area (TPSA) is 78.4 Å². The van der Waals surface area contributed by atoms with Crippen LogP contribution in [-0.4, -0.2) is 34.9 Å². The molecule has 0 radical (unpaired) electrons. The zero-order valence-corrected chi connectivity index (χ0v) is 9.54. The standard InChI is InChI=1S/C10H13F3N2O3/c1-9(7(16)17,10(11,12)13)15-8(18)14-6-4-2-3-5-6/h2-3,6H,4-5H2,1H3,(H,16,17)(H2,14,15,18). The summed E-state index contributed by atoms with van der Waals surface area (Å²) >= 11 is 0. The monoisotopic (exact) mass is 266 g/mol. The number of aliphatic carboxylic acids is 1. The van der Waals surface area contributed by atoms with Crippen molar-refractivity contribution in [1.29, 1.82) is 0 Å². The van der Waals surface area contributed by atoms with Gasteiger partial charge in [-0.2, -0.15) is 13.2 Å². The van der Waals surface area contributed by atoms with E-state index in [1.54, 1.807) is 12.2 Å². The van der Waals surface area contributed by atoms with Gasteiger partial charge >= 0.3 is 18.2 Å². The number of urea groups is 1. The Morgan fingerprint density at radius 2 is 1.78 bits per heavy atom. The van der Waals surface area contributed by atoms with Crippen molar-refractivity contribution in [3.05, 3.63) is 12.2 Å². The predicted molar refractivity (Wildman–Crippen MR) is 55.9 cm³/mol. The lowest BCUT2D eigenvalue weighted by molar-refractivity contribution is -0.203. The van der Waals surface area contributed by atoms with Crippen LogP contribution in [-0.2, 0) is 4.79 Å². The highest BCUT2D eigenvalue weighted by Gasteiger charge is 2.58. The van der Waals surface area contributed by atoms with E-state index in [0.717, 1.165) is 0 Å². The zero-order valence-electron chi connectivity index (χ0n) is 9.54. The summed E-state index contributed by atoms with van der Waals surface area (Å²) in [7, 11) is 0. The second kappa shape index (κ2) is 4.87. The third kappa shape index (κ3) is 2.93. The van der Waals surface area contributed by atoms with Gasteiger partial charge in [0.05, 0.1) is 0 Å². The Kier molecular flexibility index (Phi) is 3.88. The second-order valence-corrected chi connectivity index (χ2v) is 4.17. The first kappa shape index (κ1) is 14.3. The van der Waals surface area contributed by atoms with Crippen molar-refractivity contribution in [1.82, 2.24) is 10.6 Å². The average molecular weight is 266 g/mol. The van der Waals surface area contributed by atoms with Gasteiger partial charge in [-0.1, -0.05) is 12.2 Å². The number of rotatable bonds is 3. The van der Waals surface area contributed by atoms with E-state index in [1.165, 1.54) is 5.32 Å². The fourth-order valence-corrected chi connectivity index (χ4v) is 1.43. The molecule has 2 amide bonds. The third-order valence-electron chi connectivity index (χ3n) is 2.70. The van der Waals surface area contributed by atoms with E-state index in [-0.39, 0.29) is 6.04 Å². The van der Waals surface area contributed by atoms with Gasteiger partial charge in [-0.3, -0.25) is 0 Å². The molecule has 0 aromatic carbocycles. The zero-order chi connectivity index (χ0) is 14.0. The van der Waals surface area contributed by atoms with Gasteiger partial charge < -0.3 is 15.7 Å². The molecule has 0 aromatic rings. The van der Waals surface area contributed by atoms with E-state index in [2.05, 4.69) is 5.32 Å². The Hall–Kier alpha value is -1.73. The predicted octanol–water partition coefficient (Wildman–Crippen LogP) is 1.41. The maximum atomic E-state index is 12.6. The van der Waals surface area contributed by atoms with Crippen LogP contribution in [0.1, 0.15) is 19.8 Å². The molecule has 1 atom stereocenters. The van der Waals surface area contributed by atoms with E-state index in [4.69, 9.17) is 5.11 Å². The van der Waals surface area contributed by atoms with E-state index in [0.29, 0.717) is 19.8 Å². The first-order valence-electron chi connectivity index (χ1n) is 5.20. The van der Waals surface area contributed by atoms with Crippen LogP contribution >= 0.6 is 0 Å². The summed E-state index contributed by atoms with van der Waals surface area (Å²) in [5.41, 5.74) is -3.30. The molecule has 0 spiro atoms. The number of carbonyl (C=O) groups is 2. The van der Waals surface area contributed by atoms with Gasteiger partial charge in [0, 0.05) is 6.04 Å². The summed E-state index contributed by atoms with van der Waals surface area (Å²) in [4.78, 5) is 22.0. The van der Waals surface area contributed by atoms with Gasteiger partial charge in [0.15, 0.2) is 0 Å². The van der Waals surface area contributed by atoms with Crippen molar-refractivity contribution >= 4 is 12.0 Å². The Balaban J connectivity index is 2.67. The Morgan fingerprint density at radius 1 is 1.28 bits per heavy atom. The summed E-state index contributed by atoms with van der Waals surface area (Å²) < 4.78 is 37.8. The summed E-state index contributed by atoms with van der Waals surface area (Å²) in [5, 5.41) is 12.3. The number of alkyl halides is 3. The van der Waals surface area contributed by atoms with Crippen molar-refractivity contribution in [2.45, 2.75) is 37.5 Å². The summed E-state index contributed by atoms with van der Waals surface area (Å²) in [6.45, 7) is 0.405. The third-order valence-corrected chi connectivity index (χ3v) is 2.70. The minimum atomic E-state index is -5.08. The number of halogens is 3. The van der Waals surface area contributed by atoms with E-state index < -0.39 is 23.7 Å². The normalized spacial score (nSPS) is 19.3. The molecule has 1 unspecified atom stereocenters. The van der Waals surface area contributed by atoms with Gasteiger partial charge in [0.25, 0.3) is 0 Å². The lowest BCUT2D eigenvalue weighted by Gasteiger charge is -2.29. The number of hydrogen-bond acceptors (Lipinski definition) is 2. The molecule has 1 aliphatic carbocycles. The van der Waals surface area contributed by atoms with Crippen molar-refractivity contribution in [2.24, 2.45) is 0 Å². The first-order chi connectivity index (χ1) is 8.17. The van der Waals surface area contributed by atoms with Crippen LogP contribution < -0.4 is 10.6 Å². The van der Waals surface area contributed by atoms with Gasteiger partial charge in [-0.05, 0) is 19.8 Å². The van der Waals surface area contributed by atoms with Crippen molar-refractivity contribution < 1.29 is 27.9 Å². The molecule has 0 fully saturated rings. The smallest absolute Gasteiger partial charge is 0.422 e. The highest BCUT2D eigenvalue weighted by atomic mass is 19.4. The minimum absolute atomic E-state index is 0.295. The average Bonchev–Trinajstić information content (AvgIpc) is 2.67. The minimum Gasteiger partial charge on any atom is -0.479 e. The van der Waals surface area contributed by atoms with Crippen molar-refractivity contribution in [3.63, 3.8) is 0 Å². The Labute approximate surface area is 101 Å². The molecule has 1 rings (SSSR count). The molecule has 8 heteroatoms. The maximum Gasteiger partial charge on any atom is 0.422 e. The summed E-state index contributed by atoms with van der Waals surface area (Å²) in [5.74, 6) is -2.16. The van der Waals surface area contributed by atoms with E-state index in [1.807, 2.05) is 0 Å². The molecule has 18 heavy (non-hydrogen) atoms. The SMILES string of the molecule is CC(NC(=O)NC1CC=CC1)(C(=O)O)C(F)(F)F.